The molecule has 3 nitrogen and oxygen atoms in total. The standard InChI is InChI=1S/C16H20N2O/c1-12-9-16(19-3)13(2)8-15(12)11-18-10-14-4-6-17-7-5-14/h4-9,18H,10-11H2,1-3H3. The summed E-state index contributed by atoms with van der Waals surface area (Å²) < 4.78 is 5.33. The van der Waals surface area contributed by atoms with E-state index in [1.807, 2.05) is 24.5 Å². The number of benzene rings is 1. The SMILES string of the molecule is COc1cc(C)c(CNCc2ccncc2)cc1C. The first-order valence-electron chi connectivity index (χ1n) is 6.44. The van der Waals surface area contributed by atoms with Gasteiger partial charge in [0.15, 0.2) is 0 Å². The molecule has 19 heavy (non-hydrogen) atoms. The number of hydrogen-bond donors (Lipinski definition) is 1. The Hall–Kier alpha value is -1.87. The Labute approximate surface area is 114 Å². The Morgan fingerprint density at radius 2 is 1.79 bits per heavy atom. The van der Waals surface area contributed by atoms with E-state index in [9.17, 15) is 0 Å². The van der Waals surface area contributed by atoms with Gasteiger partial charge in [0.05, 0.1) is 7.11 Å². The largest absolute Gasteiger partial charge is 0.496 e. The minimum Gasteiger partial charge on any atom is -0.496 e. The zero-order valence-electron chi connectivity index (χ0n) is 11.7. The first kappa shape index (κ1) is 13.6. The molecule has 0 amide bonds. The Morgan fingerprint density at radius 1 is 1.05 bits per heavy atom. The van der Waals surface area contributed by atoms with Crippen LogP contribution < -0.4 is 10.1 Å². The van der Waals surface area contributed by atoms with Crippen molar-refractivity contribution in [3.05, 3.63) is 58.9 Å². The van der Waals surface area contributed by atoms with Gasteiger partial charge in [-0.25, -0.2) is 0 Å². The predicted molar refractivity (Wildman–Crippen MR) is 77.2 cm³/mol. The van der Waals surface area contributed by atoms with Crippen LogP contribution in [0, 0.1) is 13.8 Å². The molecule has 3 heteroatoms. The van der Waals surface area contributed by atoms with E-state index in [1.165, 1.54) is 22.3 Å². The summed E-state index contributed by atoms with van der Waals surface area (Å²) in [5.41, 5.74) is 4.99. The third-order valence-electron chi connectivity index (χ3n) is 3.25. The van der Waals surface area contributed by atoms with E-state index in [2.05, 4.69) is 36.3 Å². The van der Waals surface area contributed by atoms with Gasteiger partial charge in [0, 0.05) is 25.5 Å². The van der Waals surface area contributed by atoms with E-state index in [0.717, 1.165) is 18.8 Å². The van der Waals surface area contributed by atoms with Crippen LogP contribution in [-0.2, 0) is 13.1 Å². The van der Waals surface area contributed by atoms with E-state index in [4.69, 9.17) is 4.74 Å². The summed E-state index contributed by atoms with van der Waals surface area (Å²) in [5, 5.41) is 3.45. The Bertz CT molecular complexity index is 538. The van der Waals surface area contributed by atoms with E-state index in [-0.39, 0.29) is 0 Å². The average Bonchev–Trinajstić information content (AvgIpc) is 2.43. The molecular weight excluding hydrogens is 236 g/mol. The van der Waals surface area contributed by atoms with Gasteiger partial charge in [-0.05, 0) is 54.3 Å². The normalized spacial score (nSPS) is 10.5. The van der Waals surface area contributed by atoms with Gasteiger partial charge in [-0.3, -0.25) is 4.98 Å². The third kappa shape index (κ3) is 3.55. The van der Waals surface area contributed by atoms with Crippen LogP contribution in [-0.4, -0.2) is 12.1 Å². The van der Waals surface area contributed by atoms with Crippen LogP contribution in [0.1, 0.15) is 22.3 Å². The van der Waals surface area contributed by atoms with Gasteiger partial charge in [-0.1, -0.05) is 6.07 Å². The van der Waals surface area contributed by atoms with Crippen molar-refractivity contribution in [1.29, 1.82) is 0 Å². The van der Waals surface area contributed by atoms with Crippen LogP contribution in [0.15, 0.2) is 36.7 Å². The van der Waals surface area contributed by atoms with Crippen LogP contribution in [0.4, 0.5) is 0 Å². The molecule has 1 N–H and O–H groups in total. The van der Waals surface area contributed by atoms with E-state index in [1.54, 1.807) is 7.11 Å². The highest BCUT2D eigenvalue weighted by atomic mass is 16.5. The highest BCUT2D eigenvalue weighted by molar-refractivity contribution is 5.41. The molecular formula is C16H20N2O. The molecule has 0 atom stereocenters. The van der Waals surface area contributed by atoms with Gasteiger partial charge < -0.3 is 10.1 Å². The molecule has 0 bridgehead atoms. The summed E-state index contributed by atoms with van der Waals surface area (Å²) in [6.07, 6.45) is 3.64. The molecule has 0 saturated carbocycles. The molecule has 0 aliphatic carbocycles. The molecule has 0 aliphatic heterocycles. The van der Waals surface area contributed by atoms with Gasteiger partial charge >= 0.3 is 0 Å². The Kier molecular flexibility index (Phi) is 4.53. The molecule has 0 unspecified atom stereocenters. The zero-order valence-corrected chi connectivity index (χ0v) is 11.7. The van der Waals surface area contributed by atoms with Crippen LogP contribution in [0.5, 0.6) is 5.75 Å². The molecule has 1 aromatic heterocycles. The van der Waals surface area contributed by atoms with Crippen molar-refractivity contribution in [3.8, 4) is 5.75 Å². The van der Waals surface area contributed by atoms with Crippen molar-refractivity contribution in [2.75, 3.05) is 7.11 Å². The minimum absolute atomic E-state index is 0.854. The smallest absolute Gasteiger partial charge is 0.122 e. The minimum atomic E-state index is 0.854. The van der Waals surface area contributed by atoms with Crippen LogP contribution >= 0.6 is 0 Å². The summed E-state index contributed by atoms with van der Waals surface area (Å²) in [4.78, 5) is 4.01. The van der Waals surface area contributed by atoms with Gasteiger partial charge in [-0.15, -0.1) is 0 Å². The number of pyridine rings is 1. The second-order valence-electron chi connectivity index (χ2n) is 4.71. The third-order valence-corrected chi connectivity index (χ3v) is 3.25. The van der Waals surface area contributed by atoms with Crippen molar-refractivity contribution in [2.45, 2.75) is 26.9 Å². The highest BCUT2D eigenvalue weighted by Crippen LogP contribution is 2.22. The molecule has 0 fully saturated rings. The number of nitrogens with zero attached hydrogens (tertiary/aromatic N) is 1. The van der Waals surface area contributed by atoms with Gasteiger partial charge in [0.2, 0.25) is 0 Å². The first-order valence-corrected chi connectivity index (χ1v) is 6.44. The maximum Gasteiger partial charge on any atom is 0.122 e. The predicted octanol–water partition coefficient (Wildman–Crippen LogP) is 3.00. The van der Waals surface area contributed by atoms with Crippen molar-refractivity contribution < 1.29 is 4.74 Å². The lowest BCUT2D eigenvalue weighted by atomic mass is 10.0. The summed E-state index contributed by atoms with van der Waals surface area (Å²) in [5.74, 6) is 0.954. The summed E-state index contributed by atoms with van der Waals surface area (Å²) in [7, 11) is 1.71. The van der Waals surface area contributed by atoms with Crippen LogP contribution in [0.25, 0.3) is 0 Å². The van der Waals surface area contributed by atoms with Crippen LogP contribution in [0.3, 0.4) is 0 Å². The average molecular weight is 256 g/mol. The highest BCUT2D eigenvalue weighted by Gasteiger charge is 2.04. The van der Waals surface area contributed by atoms with E-state index in [0.29, 0.717) is 0 Å². The molecule has 1 aromatic carbocycles. The lowest BCUT2D eigenvalue weighted by Crippen LogP contribution is -2.13. The lowest BCUT2D eigenvalue weighted by molar-refractivity contribution is 0.411. The van der Waals surface area contributed by atoms with E-state index < -0.39 is 0 Å². The number of aromatic nitrogens is 1. The van der Waals surface area contributed by atoms with Crippen molar-refractivity contribution >= 4 is 0 Å². The number of hydrogen-bond acceptors (Lipinski definition) is 3. The summed E-state index contributed by atoms with van der Waals surface area (Å²) in [6.45, 7) is 5.90. The number of methoxy groups -OCH3 is 1. The van der Waals surface area contributed by atoms with Crippen molar-refractivity contribution in [1.82, 2.24) is 10.3 Å². The Balaban J connectivity index is 1.98. The fraction of sp³-hybridized carbons (Fsp3) is 0.312. The number of nitrogens with one attached hydrogen (secondary N) is 1. The van der Waals surface area contributed by atoms with Crippen molar-refractivity contribution in [3.63, 3.8) is 0 Å². The van der Waals surface area contributed by atoms with Gasteiger partial charge in [-0.2, -0.15) is 0 Å². The topological polar surface area (TPSA) is 34.1 Å². The van der Waals surface area contributed by atoms with Crippen LogP contribution in [0.2, 0.25) is 0 Å². The molecule has 100 valence electrons. The quantitative estimate of drug-likeness (QED) is 0.893. The lowest BCUT2D eigenvalue weighted by Gasteiger charge is -2.12. The zero-order chi connectivity index (χ0) is 13.7. The van der Waals surface area contributed by atoms with Crippen molar-refractivity contribution in [2.24, 2.45) is 0 Å². The molecule has 2 rings (SSSR count). The second kappa shape index (κ2) is 6.34. The van der Waals surface area contributed by atoms with E-state index >= 15 is 0 Å². The molecule has 0 spiro atoms. The Morgan fingerprint density at radius 3 is 2.47 bits per heavy atom. The molecule has 0 radical (unpaired) electrons. The fourth-order valence-electron chi connectivity index (χ4n) is 2.10. The van der Waals surface area contributed by atoms with Gasteiger partial charge in [0.25, 0.3) is 0 Å². The monoisotopic (exact) mass is 256 g/mol. The maximum absolute atomic E-state index is 5.33. The summed E-state index contributed by atoms with van der Waals surface area (Å²) in [6, 6.07) is 8.34. The number of aryl methyl sites for hydroxylation is 2. The summed E-state index contributed by atoms with van der Waals surface area (Å²) >= 11 is 0. The molecule has 2 aromatic rings. The maximum atomic E-state index is 5.33. The fourth-order valence-corrected chi connectivity index (χ4v) is 2.10. The molecule has 0 saturated heterocycles. The number of ether oxygens (including phenoxy) is 1. The number of rotatable bonds is 5. The second-order valence-corrected chi connectivity index (χ2v) is 4.71. The molecule has 0 aliphatic rings. The van der Waals surface area contributed by atoms with Gasteiger partial charge in [0.1, 0.15) is 5.75 Å². The first-order chi connectivity index (χ1) is 9.20. The molecule has 1 heterocycles.